The van der Waals surface area contributed by atoms with E-state index in [9.17, 15) is 4.79 Å². The Balaban J connectivity index is 1.88. The van der Waals surface area contributed by atoms with Crippen LogP contribution in [0.3, 0.4) is 0 Å². The maximum atomic E-state index is 12.3. The minimum Gasteiger partial charge on any atom is -0.494 e. The van der Waals surface area contributed by atoms with Gasteiger partial charge in [0.05, 0.1) is 30.9 Å². The second kappa shape index (κ2) is 9.09. The van der Waals surface area contributed by atoms with Crippen molar-refractivity contribution in [2.75, 3.05) is 12.4 Å². The SMILES string of the molecule is C=CC(=O)Nc1c(C)ccc(-c2c(-c3cnn(C)c3)[nH]c3ncc(-c4cnn(C)c4C)c(C)c23)c1OC. The van der Waals surface area contributed by atoms with Gasteiger partial charge in [0.15, 0.2) is 5.75 Å². The van der Waals surface area contributed by atoms with Crippen LogP contribution in [0.4, 0.5) is 5.69 Å². The summed E-state index contributed by atoms with van der Waals surface area (Å²) >= 11 is 0. The van der Waals surface area contributed by atoms with Crippen molar-refractivity contribution in [3.05, 3.63) is 66.4 Å². The molecular weight excluding hydrogens is 466 g/mol. The summed E-state index contributed by atoms with van der Waals surface area (Å²) in [6, 6.07) is 3.99. The van der Waals surface area contributed by atoms with Crippen LogP contribution in [0, 0.1) is 20.8 Å². The van der Waals surface area contributed by atoms with E-state index in [0.29, 0.717) is 11.4 Å². The number of ether oxygens (including phenoxy) is 1. The quantitative estimate of drug-likeness (QED) is 0.320. The fraction of sp³-hybridized carbons (Fsp3) is 0.214. The Hall–Kier alpha value is -4.66. The first-order valence-electron chi connectivity index (χ1n) is 11.9. The summed E-state index contributed by atoms with van der Waals surface area (Å²) in [5, 5.41) is 12.7. The number of hydrogen-bond donors (Lipinski definition) is 2. The summed E-state index contributed by atoms with van der Waals surface area (Å²) in [7, 11) is 5.42. The molecule has 9 heteroatoms. The number of nitrogens with zero attached hydrogens (tertiary/aromatic N) is 5. The van der Waals surface area contributed by atoms with E-state index in [1.807, 2.05) is 69.5 Å². The van der Waals surface area contributed by atoms with Crippen molar-refractivity contribution >= 4 is 22.6 Å². The van der Waals surface area contributed by atoms with E-state index in [-0.39, 0.29) is 5.91 Å². The molecule has 0 spiro atoms. The van der Waals surface area contributed by atoms with E-state index in [0.717, 1.165) is 61.4 Å². The summed E-state index contributed by atoms with van der Waals surface area (Å²) in [6.45, 7) is 9.66. The van der Waals surface area contributed by atoms with E-state index < -0.39 is 0 Å². The number of H-pyrrole nitrogens is 1. The van der Waals surface area contributed by atoms with Gasteiger partial charge in [0.2, 0.25) is 5.91 Å². The van der Waals surface area contributed by atoms with Gasteiger partial charge in [-0.2, -0.15) is 10.2 Å². The Morgan fingerprint density at radius 2 is 1.86 bits per heavy atom. The molecule has 9 nitrogen and oxygen atoms in total. The standard InChI is InChI=1S/C28H29N7O2/c1-8-22(36)32-25-15(2)9-10-19(27(25)37-7)24-23-16(3)20(21-13-31-35(6)17(21)4)12-29-28(23)33-26(24)18-11-30-34(5)14-18/h8-14H,1H2,2-7H3,(H,29,33)(H,32,36). The molecule has 0 unspecified atom stereocenters. The lowest BCUT2D eigenvalue weighted by atomic mass is 9.93. The molecule has 4 aromatic heterocycles. The van der Waals surface area contributed by atoms with E-state index in [1.165, 1.54) is 6.08 Å². The molecule has 0 atom stereocenters. The highest BCUT2D eigenvalue weighted by atomic mass is 16.5. The summed E-state index contributed by atoms with van der Waals surface area (Å²) in [6.07, 6.45) is 8.77. The molecule has 5 rings (SSSR count). The third-order valence-electron chi connectivity index (χ3n) is 6.87. The van der Waals surface area contributed by atoms with Crippen LogP contribution in [0.1, 0.15) is 16.8 Å². The number of amides is 1. The maximum Gasteiger partial charge on any atom is 0.247 e. The smallest absolute Gasteiger partial charge is 0.247 e. The molecule has 0 aliphatic carbocycles. The molecule has 0 radical (unpaired) electrons. The van der Waals surface area contributed by atoms with Crippen molar-refractivity contribution in [1.82, 2.24) is 29.5 Å². The normalized spacial score (nSPS) is 11.2. The van der Waals surface area contributed by atoms with E-state index >= 15 is 0 Å². The lowest BCUT2D eigenvalue weighted by molar-refractivity contribution is -0.111. The molecule has 0 bridgehead atoms. The first-order valence-corrected chi connectivity index (χ1v) is 11.9. The topological polar surface area (TPSA) is 103 Å². The average Bonchev–Trinajstić information content (AvgIpc) is 3.58. The van der Waals surface area contributed by atoms with Gasteiger partial charge in [-0.3, -0.25) is 14.2 Å². The lowest BCUT2D eigenvalue weighted by Gasteiger charge is -2.18. The summed E-state index contributed by atoms with van der Waals surface area (Å²) in [5.74, 6) is 0.251. The van der Waals surface area contributed by atoms with Crippen molar-refractivity contribution in [1.29, 1.82) is 0 Å². The molecule has 2 N–H and O–H groups in total. The van der Waals surface area contributed by atoms with Gasteiger partial charge >= 0.3 is 0 Å². The Bertz CT molecular complexity index is 1690. The molecule has 0 aliphatic heterocycles. The van der Waals surface area contributed by atoms with Gasteiger partial charge in [0.1, 0.15) is 5.65 Å². The first-order chi connectivity index (χ1) is 17.7. The molecule has 4 heterocycles. The van der Waals surface area contributed by atoms with Crippen molar-refractivity contribution in [2.24, 2.45) is 14.1 Å². The maximum absolute atomic E-state index is 12.3. The zero-order chi connectivity index (χ0) is 26.4. The summed E-state index contributed by atoms with van der Waals surface area (Å²) in [5.41, 5.74) is 9.87. The fourth-order valence-corrected chi connectivity index (χ4v) is 4.80. The van der Waals surface area contributed by atoms with Crippen LogP contribution in [0.5, 0.6) is 5.75 Å². The predicted molar refractivity (Wildman–Crippen MR) is 146 cm³/mol. The zero-order valence-corrected chi connectivity index (χ0v) is 21.8. The first kappa shape index (κ1) is 24.1. The number of nitrogens with one attached hydrogen (secondary N) is 2. The number of methoxy groups -OCH3 is 1. The third-order valence-corrected chi connectivity index (χ3v) is 6.87. The third kappa shape index (κ3) is 3.88. The van der Waals surface area contributed by atoms with Crippen LogP contribution >= 0.6 is 0 Å². The van der Waals surface area contributed by atoms with Crippen LogP contribution in [0.2, 0.25) is 0 Å². The van der Waals surface area contributed by atoms with Gasteiger partial charge in [-0.25, -0.2) is 4.98 Å². The van der Waals surface area contributed by atoms with Crippen molar-refractivity contribution in [3.63, 3.8) is 0 Å². The predicted octanol–water partition coefficient (Wildman–Crippen LogP) is 5.09. The number of benzene rings is 1. The number of rotatable bonds is 6. The molecule has 37 heavy (non-hydrogen) atoms. The number of aryl methyl sites for hydroxylation is 4. The van der Waals surface area contributed by atoms with Crippen molar-refractivity contribution < 1.29 is 9.53 Å². The van der Waals surface area contributed by atoms with Crippen molar-refractivity contribution in [3.8, 4) is 39.3 Å². The van der Waals surface area contributed by atoms with Crippen LogP contribution < -0.4 is 10.1 Å². The number of carbonyl (C=O) groups excluding carboxylic acids is 1. The molecule has 0 aliphatic rings. The number of anilines is 1. The molecular formula is C28H29N7O2. The monoisotopic (exact) mass is 495 g/mol. The number of pyridine rings is 1. The number of carbonyl (C=O) groups is 1. The van der Waals surface area contributed by atoms with Gasteiger partial charge in [-0.1, -0.05) is 18.7 Å². The largest absolute Gasteiger partial charge is 0.494 e. The Morgan fingerprint density at radius 3 is 2.49 bits per heavy atom. The fourth-order valence-electron chi connectivity index (χ4n) is 4.80. The highest BCUT2D eigenvalue weighted by Crippen LogP contribution is 2.47. The van der Waals surface area contributed by atoms with Crippen LogP contribution in [-0.2, 0) is 18.9 Å². The molecule has 0 saturated heterocycles. The minimum atomic E-state index is -0.308. The van der Waals surface area contributed by atoms with Gasteiger partial charge < -0.3 is 15.0 Å². The molecule has 5 aromatic rings. The van der Waals surface area contributed by atoms with Crippen molar-refractivity contribution in [2.45, 2.75) is 20.8 Å². The van der Waals surface area contributed by atoms with Crippen LogP contribution in [0.15, 0.2) is 49.6 Å². The van der Waals surface area contributed by atoms with Gasteiger partial charge in [0.25, 0.3) is 0 Å². The van der Waals surface area contributed by atoms with E-state index in [4.69, 9.17) is 9.72 Å². The van der Waals surface area contributed by atoms with Crippen LogP contribution in [0.25, 0.3) is 44.5 Å². The number of aromatic nitrogens is 6. The average molecular weight is 496 g/mol. The summed E-state index contributed by atoms with van der Waals surface area (Å²) in [4.78, 5) is 20.6. The molecule has 1 aromatic carbocycles. The highest BCUT2D eigenvalue weighted by molar-refractivity contribution is 6.09. The van der Waals surface area contributed by atoms with Crippen LogP contribution in [-0.4, -0.2) is 42.5 Å². The number of hydrogen-bond acceptors (Lipinski definition) is 5. The van der Waals surface area contributed by atoms with E-state index in [1.54, 1.807) is 11.8 Å². The Labute approximate surface area is 214 Å². The van der Waals surface area contributed by atoms with E-state index in [2.05, 4.69) is 34.0 Å². The zero-order valence-electron chi connectivity index (χ0n) is 21.8. The molecule has 188 valence electrons. The van der Waals surface area contributed by atoms with Gasteiger partial charge in [0, 0.05) is 65.4 Å². The Kier molecular flexibility index (Phi) is 5.91. The summed E-state index contributed by atoms with van der Waals surface area (Å²) < 4.78 is 9.55. The second-order valence-electron chi connectivity index (χ2n) is 9.10. The molecule has 0 saturated carbocycles. The number of aromatic amines is 1. The van der Waals surface area contributed by atoms with Gasteiger partial charge in [-0.05, 0) is 38.0 Å². The van der Waals surface area contributed by atoms with Gasteiger partial charge in [-0.15, -0.1) is 0 Å². The second-order valence-corrected chi connectivity index (χ2v) is 9.10. The lowest BCUT2D eigenvalue weighted by Crippen LogP contribution is -2.10. The minimum absolute atomic E-state index is 0.308. The number of fused-ring (bicyclic) bond motifs is 1. The molecule has 0 fully saturated rings. The highest BCUT2D eigenvalue weighted by Gasteiger charge is 2.25. The Morgan fingerprint density at radius 1 is 1.08 bits per heavy atom. The molecule has 1 amide bonds.